The first kappa shape index (κ1) is 18.8. The predicted molar refractivity (Wildman–Crippen MR) is 112 cm³/mol. The van der Waals surface area contributed by atoms with Crippen molar-refractivity contribution in [3.05, 3.63) is 57.1 Å². The molecule has 0 aliphatic carbocycles. The van der Waals surface area contributed by atoms with Gasteiger partial charge in [0.2, 0.25) is 0 Å². The van der Waals surface area contributed by atoms with Gasteiger partial charge in [-0.05, 0) is 25.0 Å². The van der Waals surface area contributed by atoms with E-state index in [-0.39, 0.29) is 17.2 Å². The summed E-state index contributed by atoms with van der Waals surface area (Å²) in [6.07, 6.45) is 1.56. The molecule has 1 amide bonds. The van der Waals surface area contributed by atoms with E-state index in [1.807, 2.05) is 18.2 Å². The number of hydrogen-bond donors (Lipinski definition) is 0. The van der Waals surface area contributed by atoms with Crippen LogP contribution in [-0.4, -0.2) is 47.0 Å². The maximum Gasteiger partial charge on any atom is 0.286 e. The average Bonchev–Trinajstić information content (AvgIpc) is 3.22. The number of ether oxygens (including phenoxy) is 2. The van der Waals surface area contributed by atoms with E-state index in [9.17, 15) is 14.9 Å². The Morgan fingerprint density at radius 1 is 1.13 bits per heavy atom. The summed E-state index contributed by atoms with van der Waals surface area (Å²) >= 11 is 1.70. The number of likely N-dealkylation sites (tertiary alicyclic amines) is 1. The number of nitro benzene ring substituents is 1. The van der Waals surface area contributed by atoms with Crippen molar-refractivity contribution in [3.63, 3.8) is 0 Å². The van der Waals surface area contributed by atoms with E-state index >= 15 is 0 Å². The van der Waals surface area contributed by atoms with Gasteiger partial charge in [0.15, 0.2) is 11.5 Å². The van der Waals surface area contributed by atoms with Crippen molar-refractivity contribution in [1.29, 1.82) is 0 Å². The van der Waals surface area contributed by atoms with Gasteiger partial charge in [0.25, 0.3) is 11.6 Å². The Morgan fingerprint density at radius 2 is 1.83 bits per heavy atom. The molecule has 2 aromatic carbocycles. The van der Waals surface area contributed by atoms with Crippen molar-refractivity contribution in [3.8, 4) is 11.5 Å². The smallest absolute Gasteiger partial charge is 0.286 e. The van der Waals surface area contributed by atoms with Gasteiger partial charge in [-0.2, -0.15) is 0 Å². The number of para-hydroxylation sites is 1. The molecule has 2 aliphatic rings. The maximum atomic E-state index is 13.1. The summed E-state index contributed by atoms with van der Waals surface area (Å²) in [5, 5.41) is 12.6. The number of amides is 1. The number of piperidine rings is 1. The molecule has 154 valence electrons. The first-order valence-electron chi connectivity index (χ1n) is 9.83. The lowest BCUT2D eigenvalue weighted by molar-refractivity contribution is -0.385. The maximum absolute atomic E-state index is 13.1. The van der Waals surface area contributed by atoms with E-state index in [2.05, 4.69) is 6.07 Å². The highest BCUT2D eigenvalue weighted by atomic mass is 32.1. The predicted octanol–water partition coefficient (Wildman–Crippen LogP) is 4.00. The van der Waals surface area contributed by atoms with Crippen LogP contribution in [-0.2, 0) is 0 Å². The number of aromatic nitrogens is 1. The number of carbonyl (C=O) groups excluding carboxylic acids is 1. The van der Waals surface area contributed by atoms with Gasteiger partial charge in [-0.3, -0.25) is 14.9 Å². The Bertz CT molecular complexity index is 1100. The zero-order valence-electron chi connectivity index (χ0n) is 16.1. The minimum absolute atomic E-state index is 0.0442. The van der Waals surface area contributed by atoms with E-state index in [1.165, 1.54) is 12.1 Å². The minimum Gasteiger partial charge on any atom is -0.486 e. The fraction of sp³-hybridized carbons (Fsp3) is 0.333. The van der Waals surface area contributed by atoms with E-state index in [1.54, 1.807) is 16.2 Å². The standard InChI is InChI=1S/C21H19N3O5S/c25-21(14-11-17-18(29-10-9-28-17)12-16(14)24(26)27)23-7-5-13(6-8-23)20-22-15-3-1-2-4-19(15)30-20/h1-4,11-13H,5-10H2. The molecule has 30 heavy (non-hydrogen) atoms. The zero-order chi connectivity index (χ0) is 20.7. The average molecular weight is 425 g/mol. The van der Waals surface area contributed by atoms with Crippen molar-refractivity contribution in [1.82, 2.24) is 9.88 Å². The second-order valence-electron chi connectivity index (χ2n) is 7.36. The number of carbonyl (C=O) groups is 1. The third-order valence-corrected chi connectivity index (χ3v) is 6.73. The number of rotatable bonds is 3. The van der Waals surface area contributed by atoms with Gasteiger partial charge in [-0.1, -0.05) is 12.1 Å². The van der Waals surface area contributed by atoms with Crippen LogP contribution in [0.1, 0.15) is 34.1 Å². The molecule has 3 aromatic rings. The summed E-state index contributed by atoms with van der Waals surface area (Å²) in [4.78, 5) is 30.5. The van der Waals surface area contributed by atoms with Crippen LogP contribution >= 0.6 is 11.3 Å². The van der Waals surface area contributed by atoms with Gasteiger partial charge in [-0.15, -0.1) is 11.3 Å². The number of benzene rings is 2. The summed E-state index contributed by atoms with van der Waals surface area (Å²) in [6, 6.07) is 10.8. The van der Waals surface area contributed by atoms with Crippen LogP contribution in [0, 0.1) is 10.1 Å². The quantitative estimate of drug-likeness (QED) is 0.465. The Morgan fingerprint density at radius 3 is 2.53 bits per heavy atom. The molecular weight excluding hydrogens is 406 g/mol. The van der Waals surface area contributed by atoms with Crippen LogP contribution in [0.4, 0.5) is 5.69 Å². The third-order valence-electron chi connectivity index (χ3n) is 5.53. The van der Waals surface area contributed by atoms with Gasteiger partial charge in [0.05, 0.1) is 26.2 Å². The van der Waals surface area contributed by atoms with Gasteiger partial charge < -0.3 is 14.4 Å². The molecule has 2 aliphatic heterocycles. The molecule has 1 aromatic heterocycles. The van der Waals surface area contributed by atoms with Crippen LogP contribution in [0.5, 0.6) is 11.5 Å². The normalized spacial score (nSPS) is 16.6. The Labute approximate surface area is 176 Å². The molecule has 0 spiro atoms. The van der Waals surface area contributed by atoms with E-state index < -0.39 is 4.92 Å². The van der Waals surface area contributed by atoms with Crippen molar-refractivity contribution in [2.24, 2.45) is 0 Å². The summed E-state index contributed by atoms with van der Waals surface area (Å²) < 4.78 is 12.1. The number of nitrogens with zero attached hydrogens (tertiary/aromatic N) is 3. The molecule has 0 N–H and O–H groups in total. The molecule has 0 unspecified atom stereocenters. The highest BCUT2D eigenvalue weighted by molar-refractivity contribution is 7.18. The lowest BCUT2D eigenvalue weighted by Gasteiger charge is -2.31. The van der Waals surface area contributed by atoms with Crippen molar-refractivity contribution in [2.45, 2.75) is 18.8 Å². The Balaban J connectivity index is 1.35. The van der Waals surface area contributed by atoms with E-state index in [0.717, 1.165) is 28.1 Å². The van der Waals surface area contributed by atoms with Crippen molar-refractivity contribution < 1.29 is 19.2 Å². The first-order chi connectivity index (χ1) is 14.6. The number of hydrogen-bond acceptors (Lipinski definition) is 7. The molecule has 0 radical (unpaired) electrons. The summed E-state index contributed by atoms with van der Waals surface area (Å²) in [5.74, 6) is 0.627. The molecule has 5 rings (SSSR count). The number of thiazole rings is 1. The molecule has 0 saturated carbocycles. The molecule has 9 heteroatoms. The van der Waals surface area contributed by atoms with Gasteiger partial charge in [-0.25, -0.2) is 4.98 Å². The van der Waals surface area contributed by atoms with Crippen LogP contribution in [0.15, 0.2) is 36.4 Å². The van der Waals surface area contributed by atoms with Crippen LogP contribution < -0.4 is 9.47 Å². The summed E-state index contributed by atoms with van der Waals surface area (Å²) in [7, 11) is 0. The fourth-order valence-electron chi connectivity index (χ4n) is 3.96. The molecule has 8 nitrogen and oxygen atoms in total. The molecule has 0 bridgehead atoms. The molecule has 3 heterocycles. The lowest BCUT2D eigenvalue weighted by Crippen LogP contribution is -2.38. The van der Waals surface area contributed by atoms with Crippen molar-refractivity contribution in [2.75, 3.05) is 26.3 Å². The van der Waals surface area contributed by atoms with Crippen LogP contribution in [0.25, 0.3) is 10.2 Å². The van der Waals surface area contributed by atoms with E-state index in [0.29, 0.717) is 43.7 Å². The van der Waals surface area contributed by atoms with Gasteiger partial charge in [0, 0.05) is 25.1 Å². The number of nitro groups is 1. The monoisotopic (exact) mass is 425 g/mol. The second-order valence-corrected chi connectivity index (χ2v) is 8.42. The summed E-state index contributed by atoms with van der Waals surface area (Å²) in [6.45, 7) is 1.75. The molecule has 1 fully saturated rings. The number of fused-ring (bicyclic) bond motifs is 2. The van der Waals surface area contributed by atoms with Crippen LogP contribution in [0.3, 0.4) is 0 Å². The van der Waals surface area contributed by atoms with Gasteiger partial charge in [0.1, 0.15) is 18.8 Å². The van der Waals surface area contributed by atoms with Crippen molar-refractivity contribution >= 4 is 33.1 Å². The second kappa shape index (κ2) is 7.56. The molecule has 1 saturated heterocycles. The largest absolute Gasteiger partial charge is 0.486 e. The highest BCUT2D eigenvalue weighted by Crippen LogP contribution is 2.38. The van der Waals surface area contributed by atoms with Crippen LogP contribution in [0.2, 0.25) is 0 Å². The van der Waals surface area contributed by atoms with E-state index in [4.69, 9.17) is 14.5 Å². The summed E-state index contributed by atoms with van der Waals surface area (Å²) in [5.41, 5.74) is 0.795. The van der Waals surface area contributed by atoms with Gasteiger partial charge >= 0.3 is 0 Å². The SMILES string of the molecule is O=C(c1cc2c(cc1[N+](=O)[O-])OCCO2)N1CCC(c2nc3ccccc3s2)CC1. The Hall–Kier alpha value is -3.20. The lowest BCUT2D eigenvalue weighted by atomic mass is 9.96. The topological polar surface area (TPSA) is 94.8 Å². The fourth-order valence-corrected chi connectivity index (χ4v) is 5.10. The molecule has 0 atom stereocenters. The molecular formula is C21H19N3O5S. The zero-order valence-corrected chi connectivity index (χ0v) is 16.9. The first-order valence-corrected chi connectivity index (χ1v) is 10.6. The highest BCUT2D eigenvalue weighted by Gasteiger charge is 2.32. The third kappa shape index (κ3) is 3.35. The Kier molecular flexibility index (Phi) is 4.74. The minimum atomic E-state index is -0.542.